The summed E-state index contributed by atoms with van der Waals surface area (Å²) in [5.74, 6) is 1.04. The first kappa shape index (κ1) is 35.0. The Balaban J connectivity index is 3.61. The predicted octanol–water partition coefficient (Wildman–Crippen LogP) is 13.8. The van der Waals surface area contributed by atoms with Gasteiger partial charge in [-0.15, -0.1) is 0 Å². The summed E-state index contributed by atoms with van der Waals surface area (Å²) in [5, 5.41) is 0. The molecule has 1 unspecified atom stereocenters. The van der Waals surface area contributed by atoms with E-state index in [1.54, 1.807) is 0 Å². The van der Waals surface area contributed by atoms with Crippen molar-refractivity contribution in [2.45, 2.75) is 220 Å². The van der Waals surface area contributed by atoms with Gasteiger partial charge in [0.05, 0.1) is 0 Å². The standard InChI is InChI=1S/C35H72/c1-4-7-10-13-15-17-18-19-20-21-22-24-26-28-31-34-35(32-29-12-9-6-3)33-30-27-25-23-16-14-11-8-5-2/h35H,4-34H2,1-3H3. The summed E-state index contributed by atoms with van der Waals surface area (Å²) in [6.45, 7) is 6.97. The van der Waals surface area contributed by atoms with E-state index < -0.39 is 0 Å². The Labute approximate surface area is 225 Å². The maximum atomic E-state index is 2.34. The van der Waals surface area contributed by atoms with Gasteiger partial charge >= 0.3 is 0 Å². The van der Waals surface area contributed by atoms with Crippen LogP contribution in [0.3, 0.4) is 0 Å². The van der Waals surface area contributed by atoms with E-state index in [0.717, 1.165) is 5.92 Å². The van der Waals surface area contributed by atoms with Crippen LogP contribution in [0, 0.1) is 5.92 Å². The van der Waals surface area contributed by atoms with Crippen molar-refractivity contribution in [2.24, 2.45) is 5.92 Å². The van der Waals surface area contributed by atoms with Gasteiger partial charge < -0.3 is 0 Å². The van der Waals surface area contributed by atoms with Crippen LogP contribution in [0.4, 0.5) is 0 Å². The summed E-state index contributed by atoms with van der Waals surface area (Å²) in [6, 6.07) is 0. The van der Waals surface area contributed by atoms with Gasteiger partial charge in [-0.3, -0.25) is 0 Å². The third-order valence-corrected chi connectivity index (χ3v) is 8.40. The molecule has 35 heavy (non-hydrogen) atoms. The molecule has 0 radical (unpaired) electrons. The lowest BCUT2D eigenvalue weighted by atomic mass is 9.89. The zero-order valence-electron chi connectivity index (χ0n) is 25.5. The van der Waals surface area contributed by atoms with Crippen LogP contribution in [-0.4, -0.2) is 0 Å². The Morgan fingerprint density at radius 1 is 0.229 bits per heavy atom. The Bertz CT molecular complexity index is 346. The van der Waals surface area contributed by atoms with Crippen LogP contribution in [0.5, 0.6) is 0 Å². The monoisotopic (exact) mass is 493 g/mol. The van der Waals surface area contributed by atoms with E-state index in [0.29, 0.717) is 0 Å². The van der Waals surface area contributed by atoms with Gasteiger partial charge in [-0.2, -0.15) is 0 Å². The van der Waals surface area contributed by atoms with Crippen molar-refractivity contribution in [3.8, 4) is 0 Å². The molecular weight excluding hydrogens is 420 g/mol. The first-order chi connectivity index (χ1) is 17.3. The molecule has 0 spiro atoms. The van der Waals surface area contributed by atoms with Gasteiger partial charge in [0.2, 0.25) is 0 Å². The molecule has 212 valence electrons. The van der Waals surface area contributed by atoms with Crippen molar-refractivity contribution in [2.75, 3.05) is 0 Å². The average Bonchev–Trinajstić information content (AvgIpc) is 2.87. The molecule has 0 aliphatic rings. The SMILES string of the molecule is CCCCCCCCCCCCCCCCCC(CCCCCC)CCCCCCCCCCC. The second-order valence-corrected chi connectivity index (χ2v) is 12.1. The van der Waals surface area contributed by atoms with Crippen molar-refractivity contribution in [1.82, 2.24) is 0 Å². The first-order valence-corrected chi connectivity index (χ1v) is 17.3. The van der Waals surface area contributed by atoms with Crippen molar-refractivity contribution < 1.29 is 0 Å². The molecule has 0 rings (SSSR count). The van der Waals surface area contributed by atoms with Crippen molar-refractivity contribution in [3.63, 3.8) is 0 Å². The molecule has 0 bridgehead atoms. The van der Waals surface area contributed by atoms with Crippen molar-refractivity contribution in [1.29, 1.82) is 0 Å². The molecule has 0 heterocycles. The molecule has 0 fully saturated rings. The fourth-order valence-corrected chi connectivity index (χ4v) is 5.84. The first-order valence-electron chi connectivity index (χ1n) is 17.3. The molecule has 0 heteroatoms. The number of rotatable bonds is 31. The predicted molar refractivity (Wildman–Crippen MR) is 164 cm³/mol. The molecule has 0 nitrogen and oxygen atoms in total. The third kappa shape index (κ3) is 30.1. The number of hydrogen-bond donors (Lipinski definition) is 0. The van der Waals surface area contributed by atoms with E-state index in [2.05, 4.69) is 20.8 Å². The maximum Gasteiger partial charge on any atom is -0.0414 e. The molecule has 0 saturated carbocycles. The highest BCUT2D eigenvalue weighted by atomic mass is 14.1. The summed E-state index contributed by atoms with van der Waals surface area (Å²) in [4.78, 5) is 0. The van der Waals surface area contributed by atoms with Gasteiger partial charge in [0.15, 0.2) is 0 Å². The molecule has 0 aromatic carbocycles. The molecule has 0 N–H and O–H groups in total. The minimum absolute atomic E-state index is 1.04. The highest BCUT2D eigenvalue weighted by Gasteiger charge is 2.08. The second-order valence-electron chi connectivity index (χ2n) is 12.1. The maximum absolute atomic E-state index is 2.34. The Kier molecular flexibility index (Phi) is 32.0. The largest absolute Gasteiger partial charge is 0.0654 e. The Hall–Kier alpha value is 0. The second kappa shape index (κ2) is 32.0. The van der Waals surface area contributed by atoms with Crippen LogP contribution in [0.15, 0.2) is 0 Å². The molecule has 0 aliphatic carbocycles. The van der Waals surface area contributed by atoms with E-state index in [-0.39, 0.29) is 0 Å². The zero-order chi connectivity index (χ0) is 25.5. The molecule has 0 aliphatic heterocycles. The normalized spacial score (nSPS) is 12.4. The van der Waals surface area contributed by atoms with Crippen LogP contribution >= 0.6 is 0 Å². The molecule has 0 aromatic rings. The fraction of sp³-hybridized carbons (Fsp3) is 1.00. The lowest BCUT2D eigenvalue weighted by Gasteiger charge is -2.17. The van der Waals surface area contributed by atoms with Crippen molar-refractivity contribution >= 4 is 0 Å². The highest BCUT2D eigenvalue weighted by Crippen LogP contribution is 2.25. The topological polar surface area (TPSA) is 0 Å². The van der Waals surface area contributed by atoms with Crippen LogP contribution in [-0.2, 0) is 0 Å². The highest BCUT2D eigenvalue weighted by molar-refractivity contribution is 4.62. The summed E-state index contributed by atoms with van der Waals surface area (Å²) < 4.78 is 0. The van der Waals surface area contributed by atoms with E-state index >= 15 is 0 Å². The van der Waals surface area contributed by atoms with Crippen molar-refractivity contribution in [3.05, 3.63) is 0 Å². The smallest absolute Gasteiger partial charge is 0.0414 e. The van der Waals surface area contributed by atoms with Crippen LogP contribution < -0.4 is 0 Å². The molecule has 0 saturated heterocycles. The summed E-state index contributed by atoms with van der Waals surface area (Å²) in [7, 11) is 0. The minimum Gasteiger partial charge on any atom is -0.0654 e. The summed E-state index contributed by atoms with van der Waals surface area (Å²) in [6.07, 6.45) is 45.8. The van der Waals surface area contributed by atoms with Gasteiger partial charge in [0.1, 0.15) is 0 Å². The lowest BCUT2D eigenvalue weighted by molar-refractivity contribution is 0.366. The summed E-state index contributed by atoms with van der Waals surface area (Å²) >= 11 is 0. The molecule has 0 amide bonds. The summed E-state index contributed by atoms with van der Waals surface area (Å²) in [5.41, 5.74) is 0. The van der Waals surface area contributed by atoms with E-state index in [1.165, 1.54) is 199 Å². The van der Waals surface area contributed by atoms with Crippen LogP contribution in [0.25, 0.3) is 0 Å². The minimum atomic E-state index is 1.04. The average molecular weight is 493 g/mol. The fourth-order valence-electron chi connectivity index (χ4n) is 5.84. The van der Waals surface area contributed by atoms with Gasteiger partial charge in [-0.25, -0.2) is 0 Å². The van der Waals surface area contributed by atoms with Gasteiger partial charge in [0, 0.05) is 0 Å². The van der Waals surface area contributed by atoms with E-state index in [1.807, 2.05) is 0 Å². The molecule has 1 atom stereocenters. The Morgan fingerprint density at radius 3 is 0.629 bits per heavy atom. The quantitative estimate of drug-likeness (QED) is 0.0844. The third-order valence-electron chi connectivity index (χ3n) is 8.40. The van der Waals surface area contributed by atoms with E-state index in [4.69, 9.17) is 0 Å². The number of unbranched alkanes of at least 4 members (excludes halogenated alkanes) is 25. The molecule has 0 aromatic heterocycles. The van der Waals surface area contributed by atoms with Crippen LogP contribution in [0.1, 0.15) is 220 Å². The lowest BCUT2D eigenvalue weighted by Crippen LogP contribution is -2.01. The van der Waals surface area contributed by atoms with Crippen LogP contribution in [0.2, 0.25) is 0 Å². The van der Waals surface area contributed by atoms with Gasteiger partial charge in [0.25, 0.3) is 0 Å². The van der Waals surface area contributed by atoms with E-state index in [9.17, 15) is 0 Å². The zero-order valence-corrected chi connectivity index (χ0v) is 25.5. The Morgan fingerprint density at radius 2 is 0.400 bits per heavy atom. The van der Waals surface area contributed by atoms with Gasteiger partial charge in [-0.05, 0) is 5.92 Å². The molecular formula is C35H72. The van der Waals surface area contributed by atoms with Gasteiger partial charge in [-0.1, -0.05) is 220 Å². The number of hydrogen-bond acceptors (Lipinski definition) is 0.